The Morgan fingerprint density at radius 1 is 1.04 bits per heavy atom. The van der Waals surface area contributed by atoms with E-state index >= 15 is 0 Å². The summed E-state index contributed by atoms with van der Waals surface area (Å²) in [5.41, 5.74) is 2.94. The summed E-state index contributed by atoms with van der Waals surface area (Å²) in [6.45, 7) is 19.8. The molecule has 0 saturated heterocycles. The molecule has 26 heavy (non-hydrogen) atoms. The number of esters is 1. The van der Waals surface area contributed by atoms with E-state index in [4.69, 9.17) is 9.16 Å². The molecule has 0 bridgehead atoms. The normalized spacial score (nSPS) is 12.6. The lowest BCUT2D eigenvalue weighted by molar-refractivity contribution is 0.0549. The van der Waals surface area contributed by atoms with E-state index in [1.807, 2.05) is 31.2 Å². The van der Waals surface area contributed by atoms with Crippen LogP contribution in [0.15, 0.2) is 54.3 Å². The fraction of sp³-hybridized carbons (Fsp3) is 0.500. The number of carbonyl (C=O) groups excluding carboxylic acids is 1. The second-order valence-electron chi connectivity index (χ2n) is 7.69. The van der Waals surface area contributed by atoms with Gasteiger partial charge < -0.3 is 9.16 Å². The number of hydrogen-bond acceptors (Lipinski definition) is 3. The molecule has 144 valence electrons. The highest BCUT2D eigenvalue weighted by atomic mass is 28.4. The molecule has 0 aliphatic rings. The van der Waals surface area contributed by atoms with Crippen LogP contribution in [-0.2, 0) is 9.16 Å². The largest absolute Gasteiger partial charge is 0.543 e. The van der Waals surface area contributed by atoms with E-state index in [0.29, 0.717) is 27.9 Å². The molecule has 3 nitrogen and oxygen atoms in total. The first-order valence-corrected chi connectivity index (χ1v) is 11.5. The maximum atomic E-state index is 12.0. The highest BCUT2D eigenvalue weighted by Crippen LogP contribution is 2.44. The van der Waals surface area contributed by atoms with Crippen molar-refractivity contribution >= 4 is 14.3 Å². The number of hydrogen-bond donors (Lipinski definition) is 0. The second-order valence-corrected chi connectivity index (χ2v) is 13.1. The van der Waals surface area contributed by atoms with E-state index in [-0.39, 0.29) is 12.6 Å². The van der Waals surface area contributed by atoms with Gasteiger partial charge in [-0.2, -0.15) is 0 Å². The molecule has 1 rings (SSSR count). The highest BCUT2D eigenvalue weighted by Gasteiger charge is 2.47. The number of allylic oxidation sites excluding steroid dienone is 1. The molecule has 0 heterocycles. The molecule has 0 aromatic heterocycles. The zero-order valence-corrected chi connectivity index (χ0v) is 18.3. The SMILES string of the molecule is C=C(O[Si](C(C)C)(C(C)C)C(C)C)/C(C)=C/COC(=O)c1ccccc1. The van der Waals surface area contributed by atoms with Crippen LogP contribution in [0.2, 0.25) is 16.6 Å². The number of rotatable bonds is 9. The standard InChI is InChI=1S/C22H34O3Si/c1-16(2)26(17(3)4,18(5)6)25-20(8)19(7)14-15-24-22(23)21-12-10-9-11-13-21/h9-14,16-18H,8,15H2,1-7H3/b19-14+. The fourth-order valence-corrected chi connectivity index (χ4v) is 8.96. The van der Waals surface area contributed by atoms with Crippen LogP contribution in [0.5, 0.6) is 0 Å². The summed E-state index contributed by atoms with van der Waals surface area (Å²) in [5.74, 6) is 0.375. The van der Waals surface area contributed by atoms with Gasteiger partial charge in [-0.05, 0) is 47.3 Å². The van der Waals surface area contributed by atoms with Crippen LogP contribution in [0.4, 0.5) is 0 Å². The average Bonchev–Trinajstić information content (AvgIpc) is 2.58. The van der Waals surface area contributed by atoms with Crippen molar-refractivity contribution in [3.63, 3.8) is 0 Å². The van der Waals surface area contributed by atoms with Crippen LogP contribution in [0.25, 0.3) is 0 Å². The van der Waals surface area contributed by atoms with Gasteiger partial charge in [-0.1, -0.05) is 66.3 Å². The third kappa shape index (κ3) is 5.34. The van der Waals surface area contributed by atoms with Crippen molar-refractivity contribution in [2.45, 2.75) is 65.1 Å². The molecule has 0 fully saturated rings. The van der Waals surface area contributed by atoms with Gasteiger partial charge in [0.25, 0.3) is 8.32 Å². The second kappa shape index (κ2) is 9.77. The summed E-state index contributed by atoms with van der Waals surface area (Å²) in [4.78, 5) is 12.0. The predicted octanol–water partition coefficient (Wildman–Crippen LogP) is 6.50. The Morgan fingerprint density at radius 3 is 2.00 bits per heavy atom. The van der Waals surface area contributed by atoms with Crippen LogP contribution in [-0.4, -0.2) is 20.9 Å². The molecule has 4 heteroatoms. The summed E-state index contributed by atoms with van der Waals surface area (Å²) in [5, 5.41) is 0. The molecular formula is C22H34O3Si. The van der Waals surface area contributed by atoms with Crippen LogP contribution >= 0.6 is 0 Å². The van der Waals surface area contributed by atoms with Crippen LogP contribution in [0.3, 0.4) is 0 Å². The summed E-state index contributed by atoms with van der Waals surface area (Å²) in [7, 11) is -2.02. The van der Waals surface area contributed by atoms with E-state index in [9.17, 15) is 4.79 Å². The molecule has 0 spiro atoms. The smallest absolute Gasteiger partial charge is 0.338 e. The van der Waals surface area contributed by atoms with Gasteiger partial charge >= 0.3 is 5.97 Å². The molecule has 0 aliphatic heterocycles. The van der Waals surface area contributed by atoms with Gasteiger partial charge in [-0.25, -0.2) is 4.79 Å². The third-order valence-electron chi connectivity index (χ3n) is 5.06. The minimum absolute atomic E-state index is 0.210. The molecule has 1 aromatic rings. The van der Waals surface area contributed by atoms with Gasteiger partial charge in [0.2, 0.25) is 0 Å². The topological polar surface area (TPSA) is 35.5 Å². The Kier molecular flexibility index (Phi) is 8.35. The molecular weight excluding hydrogens is 340 g/mol. The van der Waals surface area contributed by atoms with Crippen molar-refractivity contribution in [1.29, 1.82) is 0 Å². The van der Waals surface area contributed by atoms with E-state index in [1.165, 1.54) is 0 Å². The fourth-order valence-electron chi connectivity index (χ4n) is 3.66. The Bertz CT molecular complexity index is 608. The molecule has 0 N–H and O–H groups in total. The first-order valence-electron chi connectivity index (χ1n) is 9.40. The molecule has 0 unspecified atom stereocenters. The van der Waals surface area contributed by atoms with Crippen LogP contribution in [0.1, 0.15) is 58.8 Å². The van der Waals surface area contributed by atoms with Gasteiger partial charge in [0.15, 0.2) is 0 Å². The lowest BCUT2D eigenvalue weighted by Crippen LogP contribution is -2.47. The van der Waals surface area contributed by atoms with Gasteiger partial charge in [-0.3, -0.25) is 0 Å². The molecule has 0 saturated carbocycles. The van der Waals surface area contributed by atoms with E-state index in [0.717, 1.165) is 5.57 Å². The first kappa shape index (κ1) is 22.2. The van der Waals surface area contributed by atoms with E-state index < -0.39 is 8.32 Å². The van der Waals surface area contributed by atoms with Crippen LogP contribution < -0.4 is 0 Å². The summed E-state index contributed by atoms with van der Waals surface area (Å²) >= 11 is 0. The quantitative estimate of drug-likeness (QED) is 0.214. The Balaban J connectivity index is 2.76. The molecule has 1 aromatic carbocycles. The lowest BCUT2D eigenvalue weighted by Gasteiger charge is -2.42. The Hall–Kier alpha value is -1.81. The summed E-state index contributed by atoms with van der Waals surface area (Å²) < 4.78 is 11.9. The molecule has 0 aliphatic carbocycles. The maximum Gasteiger partial charge on any atom is 0.338 e. The van der Waals surface area contributed by atoms with E-state index in [2.05, 4.69) is 48.1 Å². The van der Waals surface area contributed by atoms with Crippen molar-refractivity contribution < 1.29 is 14.0 Å². The van der Waals surface area contributed by atoms with Gasteiger partial charge in [0.05, 0.1) is 11.3 Å². The van der Waals surface area contributed by atoms with Crippen molar-refractivity contribution in [3.8, 4) is 0 Å². The van der Waals surface area contributed by atoms with Gasteiger partial charge in [-0.15, -0.1) is 0 Å². The minimum Gasteiger partial charge on any atom is -0.543 e. The van der Waals surface area contributed by atoms with Gasteiger partial charge in [0.1, 0.15) is 6.61 Å². The lowest BCUT2D eigenvalue weighted by atomic mass is 10.2. The number of benzene rings is 1. The van der Waals surface area contributed by atoms with E-state index in [1.54, 1.807) is 12.1 Å². The predicted molar refractivity (Wildman–Crippen MR) is 112 cm³/mol. The Morgan fingerprint density at radius 2 is 1.54 bits per heavy atom. The van der Waals surface area contributed by atoms with Crippen molar-refractivity contribution in [2.24, 2.45) is 0 Å². The zero-order valence-electron chi connectivity index (χ0n) is 17.3. The first-order chi connectivity index (χ1) is 12.1. The van der Waals surface area contributed by atoms with Crippen molar-refractivity contribution in [1.82, 2.24) is 0 Å². The molecule has 0 amide bonds. The maximum absolute atomic E-state index is 12.0. The Labute approximate surface area is 160 Å². The number of ether oxygens (including phenoxy) is 1. The zero-order chi connectivity index (χ0) is 19.9. The minimum atomic E-state index is -2.02. The third-order valence-corrected chi connectivity index (χ3v) is 11.1. The number of carbonyl (C=O) groups is 1. The average molecular weight is 375 g/mol. The van der Waals surface area contributed by atoms with Crippen molar-refractivity contribution in [3.05, 3.63) is 59.9 Å². The molecule has 0 radical (unpaired) electrons. The highest BCUT2D eigenvalue weighted by molar-refractivity contribution is 6.77. The van der Waals surface area contributed by atoms with Gasteiger partial charge in [0, 0.05) is 0 Å². The van der Waals surface area contributed by atoms with Crippen molar-refractivity contribution in [2.75, 3.05) is 6.61 Å². The van der Waals surface area contributed by atoms with Crippen LogP contribution in [0, 0.1) is 0 Å². The monoisotopic (exact) mass is 374 g/mol. The summed E-state index contributed by atoms with van der Waals surface area (Å²) in [6.07, 6.45) is 1.86. The summed E-state index contributed by atoms with van der Waals surface area (Å²) in [6, 6.07) is 9.00. The molecule has 0 atom stereocenters.